The van der Waals surface area contributed by atoms with Crippen LogP contribution in [0.4, 0.5) is 36.4 Å². The molecule has 0 fully saturated rings. The van der Waals surface area contributed by atoms with Crippen LogP contribution in [0.2, 0.25) is 0 Å². The van der Waals surface area contributed by atoms with Crippen LogP contribution >= 0.6 is 0 Å². The number of carbonyl (C=O) groups excluding carboxylic acids is 1. The maximum atomic E-state index is 13.6. The number of hydrazone groups is 1. The van der Waals surface area contributed by atoms with E-state index < -0.39 is 53.1 Å². The van der Waals surface area contributed by atoms with Crippen LogP contribution in [-0.4, -0.2) is 18.3 Å². The number of halogens is 7. The van der Waals surface area contributed by atoms with E-state index in [1.165, 1.54) is 13.8 Å². The highest BCUT2D eigenvalue weighted by Gasteiger charge is 2.42. The van der Waals surface area contributed by atoms with Crippen molar-refractivity contribution in [2.75, 3.05) is 12.0 Å². The minimum absolute atomic E-state index is 0.0676. The van der Waals surface area contributed by atoms with Gasteiger partial charge >= 0.3 is 12.1 Å². The molecule has 0 aromatic heterocycles. The molecule has 24 heavy (non-hydrogen) atoms. The maximum Gasteiger partial charge on any atom is 0.422 e. The minimum Gasteiger partial charge on any atom is -0.466 e. The maximum absolute atomic E-state index is 13.6. The molecule has 0 unspecified atom stereocenters. The van der Waals surface area contributed by atoms with Gasteiger partial charge in [-0.15, -0.1) is 0 Å². The molecular formula is C13H11F7N2O2. The molecule has 4 nitrogen and oxygen atoms in total. The number of anilines is 1. The summed E-state index contributed by atoms with van der Waals surface area (Å²) in [6, 6.07) is 0. The number of nitrogens with zero attached hydrogens (tertiary/aromatic N) is 1. The molecule has 1 N–H and O–H groups in total. The van der Waals surface area contributed by atoms with E-state index in [1.54, 1.807) is 5.43 Å². The Morgan fingerprint density at radius 1 is 1.08 bits per heavy atom. The van der Waals surface area contributed by atoms with Crippen molar-refractivity contribution in [2.45, 2.75) is 26.4 Å². The summed E-state index contributed by atoms with van der Waals surface area (Å²) in [5, 5.41) is 3.28. The topological polar surface area (TPSA) is 50.7 Å². The van der Waals surface area contributed by atoms with Gasteiger partial charge in [-0.05, 0) is 13.8 Å². The van der Waals surface area contributed by atoms with Crippen molar-refractivity contribution in [2.24, 2.45) is 5.10 Å². The number of benzene rings is 1. The summed E-state index contributed by atoms with van der Waals surface area (Å²) in [6.45, 7) is 2.82. The molecule has 0 amide bonds. The first-order valence-electron chi connectivity index (χ1n) is 6.38. The summed E-state index contributed by atoms with van der Waals surface area (Å²) < 4.78 is 95.7. The standard InChI is InChI=1S/C13H11F7N2O2/c1-3-24-6(23)4-5(2)21-22-12-10(16)8(14)7(13(18,19)20)9(15)11(12)17/h22H,3-4H2,1-2H3/b21-5+. The average molecular weight is 360 g/mol. The lowest BCUT2D eigenvalue weighted by molar-refractivity contribution is -0.143. The number of alkyl halides is 3. The lowest BCUT2D eigenvalue weighted by Crippen LogP contribution is -2.17. The molecule has 0 aliphatic carbocycles. The van der Waals surface area contributed by atoms with Crippen molar-refractivity contribution >= 4 is 17.4 Å². The second kappa shape index (κ2) is 7.49. The van der Waals surface area contributed by atoms with Crippen LogP contribution in [0, 0.1) is 23.3 Å². The van der Waals surface area contributed by atoms with Crippen molar-refractivity contribution in [3.8, 4) is 0 Å². The van der Waals surface area contributed by atoms with Crippen molar-refractivity contribution in [1.29, 1.82) is 0 Å². The number of nitrogens with one attached hydrogen (secondary N) is 1. The third-order valence-electron chi connectivity index (χ3n) is 2.61. The zero-order valence-electron chi connectivity index (χ0n) is 12.3. The summed E-state index contributed by atoms with van der Waals surface area (Å²) in [4.78, 5) is 11.1. The predicted octanol–water partition coefficient (Wildman–Crippen LogP) is 4.00. The molecule has 0 atom stereocenters. The molecule has 0 heterocycles. The van der Waals surface area contributed by atoms with E-state index in [2.05, 4.69) is 9.84 Å². The molecule has 0 saturated heterocycles. The molecule has 0 spiro atoms. The van der Waals surface area contributed by atoms with E-state index in [0.29, 0.717) is 0 Å². The smallest absolute Gasteiger partial charge is 0.422 e. The Balaban J connectivity index is 3.17. The molecule has 0 bridgehead atoms. The van der Waals surface area contributed by atoms with E-state index >= 15 is 0 Å². The van der Waals surface area contributed by atoms with Gasteiger partial charge in [0.25, 0.3) is 0 Å². The molecule has 134 valence electrons. The fraction of sp³-hybridized carbons (Fsp3) is 0.385. The first-order chi connectivity index (χ1) is 11.0. The van der Waals surface area contributed by atoms with Gasteiger partial charge in [-0.1, -0.05) is 0 Å². The Labute approximate surface area is 131 Å². The first kappa shape index (κ1) is 19.7. The van der Waals surface area contributed by atoms with Gasteiger partial charge in [0.05, 0.1) is 13.0 Å². The molecule has 1 aromatic rings. The van der Waals surface area contributed by atoms with Crippen LogP contribution in [0.15, 0.2) is 5.10 Å². The Morgan fingerprint density at radius 3 is 2.00 bits per heavy atom. The zero-order chi connectivity index (χ0) is 18.7. The van der Waals surface area contributed by atoms with Crippen molar-refractivity contribution in [3.05, 3.63) is 28.8 Å². The molecule has 0 radical (unpaired) electrons. The van der Waals surface area contributed by atoms with Gasteiger partial charge in [-0.3, -0.25) is 10.2 Å². The number of rotatable bonds is 5. The van der Waals surface area contributed by atoms with Crippen LogP contribution in [0.3, 0.4) is 0 Å². The molecular weight excluding hydrogens is 349 g/mol. The van der Waals surface area contributed by atoms with Gasteiger partial charge in [-0.25, -0.2) is 17.6 Å². The number of hydrogen-bond donors (Lipinski definition) is 1. The molecule has 0 aliphatic heterocycles. The quantitative estimate of drug-likeness (QED) is 0.284. The zero-order valence-corrected chi connectivity index (χ0v) is 12.3. The minimum atomic E-state index is -5.63. The highest BCUT2D eigenvalue weighted by molar-refractivity contribution is 5.97. The fourth-order valence-corrected chi connectivity index (χ4v) is 1.59. The summed E-state index contributed by atoms with van der Waals surface area (Å²) in [7, 11) is 0. The van der Waals surface area contributed by atoms with Crippen molar-refractivity contribution < 1.29 is 40.3 Å². The summed E-state index contributed by atoms with van der Waals surface area (Å²) in [5.74, 6) is -10.5. The number of carbonyl (C=O) groups is 1. The highest BCUT2D eigenvalue weighted by atomic mass is 19.4. The van der Waals surface area contributed by atoms with E-state index in [1.807, 2.05) is 0 Å². The Kier molecular flexibility index (Phi) is 6.16. The summed E-state index contributed by atoms with van der Waals surface area (Å²) >= 11 is 0. The van der Waals surface area contributed by atoms with E-state index in [-0.39, 0.29) is 12.3 Å². The van der Waals surface area contributed by atoms with Gasteiger partial charge in [0.15, 0.2) is 23.3 Å². The Hall–Kier alpha value is -2.33. The van der Waals surface area contributed by atoms with Crippen molar-refractivity contribution in [3.63, 3.8) is 0 Å². The second-order valence-corrected chi connectivity index (χ2v) is 4.44. The van der Waals surface area contributed by atoms with Gasteiger partial charge in [0.1, 0.15) is 11.3 Å². The normalized spacial score (nSPS) is 12.3. The van der Waals surface area contributed by atoms with E-state index in [9.17, 15) is 35.5 Å². The fourth-order valence-electron chi connectivity index (χ4n) is 1.59. The van der Waals surface area contributed by atoms with Crippen LogP contribution in [0.5, 0.6) is 0 Å². The highest BCUT2D eigenvalue weighted by Crippen LogP contribution is 2.38. The van der Waals surface area contributed by atoms with Crippen LogP contribution < -0.4 is 5.43 Å². The van der Waals surface area contributed by atoms with Gasteiger partial charge in [0, 0.05) is 5.71 Å². The van der Waals surface area contributed by atoms with Gasteiger partial charge in [0.2, 0.25) is 0 Å². The summed E-state index contributed by atoms with van der Waals surface area (Å²) in [5.41, 5.74) is -2.76. The Morgan fingerprint density at radius 2 is 1.58 bits per heavy atom. The van der Waals surface area contributed by atoms with Gasteiger partial charge < -0.3 is 4.74 Å². The lowest BCUT2D eigenvalue weighted by atomic mass is 10.1. The summed E-state index contributed by atoms with van der Waals surface area (Å²) in [6.07, 6.45) is -6.03. The largest absolute Gasteiger partial charge is 0.466 e. The van der Waals surface area contributed by atoms with Crippen LogP contribution in [0.25, 0.3) is 0 Å². The number of esters is 1. The number of hydrogen-bond acceptors (Lipinski definition) is 4. The monoisotopic (exact) mass is 360 g/mol. The number of ether oxygens (including phenoxy) is 1. The molecule has 0 saturated carbocycles. The molecule has 0 aliphatic rings. The van der Waals surface area contributed by atoms with E-state index in [0.717, 1.165) is 0 Å². The molecule has 1 rings (SSSR count). The first-order valence-corrected chi connectivity index (χ1v) is 6.38. The van der Waals surface area contributed by atoms with E-state index in [4.69, 9.17) is 0 Å². The Bertz CT molecular complexity index is 642. The second-order valence-electron chi connectivity index (χ2n) is 4.44. The van der Waals surface area contributed by atoms with Crippen molar-refractivity contribution in [1.82, 2.24) is 0 Å². The third-order valence-corrected chi connectivity index (χ3v) is 2.61. The van der Waals surface area contributed by atoms with Crippen LogP contribution in [0.1, 0.15) is 25.8 Å². The molecule has 11 heteroatoms. The van der Waals surface area contributed by atoms with Crippen LogP contribution in [-0.2, 0) is 15.7 Å². The SMILES string of the molecule is CCOC(=O)C/C(C)=N/Nc1c(F)c(F)c(C(F)(F)F)c(F)c1F. The average Bonchev–Trinajstić information content (AvgIpc) is 2.44. The lowest BCUT2D eigenvalue weighted by Gasteiger charge is -2.13. The molecule has 1 aromatic carbocycles. The predicted molar refractivity (Wildman–Crippen MR) is 69.3 cm³/mol. The van der Waals surface area contributed by atoms with Gasteiger partial charge in [-0.2, -0.15) is 18.3 Å². The third kappa shape index (κ3) is 4.36.